The van der Waals surface area contributed by atoms with Crippen LogP contribution in [-0.2, 0) is 21.2 Å². The molecule has 0 fully saturated rings. The van der Waals surface area contributed by atoms with Crippen molar-refractivity contribution in [2.24, 2.45) is 4.40 Å². The minimum absolute atomic E-state index is 0.0733. The molecule has 0 atom stereocenters. The van der Waals surface area contributed by atoms with Crippen molar-refractivity contribution in [3.05, 3.63) is 53.8 Å². The quantitative estimate of drug-likeness (QED) is 0.889. The fourth-order valence-corrected chi connectivity index (χ4v) is 3.37. The van der Waals surface area contributed by atoms with Crippen molar-refractivity contribution in [2.75, 3.05) is 17.6 Å². The fourth-order valence-electron chi connectivity index (χ4n) is 2.39. The minimum Gasteiger partial charge on any atom is -0.331 e. The SMILES string of the molecule is N#CCc1ccc(NC(=O)C2=CC=CN3CCS(=O)(=O)N=C23)cc1. The number of fused-ring (bicyclic) bond motifs is 1. The topological polar surface area (TPSA) is 103 Å². The van der Waals surface area contributed by atoms with Crippen LogP contribution in [0.5, 0.6) is 0 Å². The van der Waals surface area contributed by atoms with Gasteiger partial charge in [-0.25, -0.2) is 8.42 Å². The van der Waals surface area contributed by atoms with Crippen molar-refractivity contribution in [3.63, 3.8) is 0 Å². The normalized spacial score (nSPS) is 18.0. The Kier molecular flexibility index (Phi) is 4.18. The summed E-state index contributed by atoms with van der Waals surface area (Å²) in [5, 5.41) is 11.4. The van der Waals surface area contributed by atoms with Gasteiger partial charge in [0, 0.05) is 18.4 Å². The van der Waals surface area contributed by atoms with Crippen LogP contribution in [0.25, 0.3) is 0 Å². The molecule has 3 rings (SSSR count). The number of amides is 1. The number of sulfonamides is 1. The molecular formula is C16H14N4O3S. The van der Waals surface area contributed by atoms with E-state index in [1.165, 1.54) is 6.08 Å². The first-order valence-corrected chi connectivity index (χ1v) is 8.85. The van der Waals surface area contributed by atoms with Crippen molar-refractivity contribution in [3.8, 4) is 6.07 Å². The number of nitrogens with zero attached hydrogens (tertiary/aromatic N) is 3. The first kappa shape index (κ1) is 16.0. The second-order valence-electron chi connectivity index (χ2n) is 5.30. The zero-order valence-electron chi connectivity index (χ0n) is 12.6. The summed E-state index contributed by atoms with van der Waals surface area (Å²) in [6.07, 6.45) is 5.21. The molecule has 0 unspecified atom stereocenters. The second kappa shape index (κ2) is 6.29. The molecular weight excluding hydrogens is 328 g/mol. The highest BCUT2D eigenvalue weighted by molar-refractivity contribution is 7.90. The molecule has 1 aromatic carbocycles. The Morgan fingerprint density at radius 3 is 2.79 bits per heavy atom. The maximum absolute atomic E-state index is 12.5. The van der Waals surface area contributed by atoms with Crippen molar-refractivity contribution in [1.29, 1.82) is 5.26 Å². The van der Waals surface area contributed by atoms with Crippen LogP contribution in [0.3, 0.4) is 0 Å². The molecule has 2 aliphatic rings. The predicted molar refractivity (Wildman–Crippen MR) is 89.5 cm³/mol. The summed E-state index contributed by atoms with van der Waals surface area (Å²) in [5.41, 5.74) is 1.61. The molecule has 0 bridgehead atoms. The molecule has 24 heavy (non-hydrogen) atoms. The third-order valence-electron chi connectivity index (χ3n) is 3.60. The van der Waals surface area contributed by atoms with E-state index in [4.69, 9.17) is 5.26 Å². The lowest BCUT2D eigenvalue weighted by Gasteiger charge is -2.28. The molecule has 1 aromatic rings. The Hall–Kier alpha value is -2.92. The maximum atomic E-state index is 12.5. The van der Waals surface area contributed by atoms with E-state index in [9.17, 15) is 13.2 Å². The Morgan fingerprint density at radius 2 is 2.08 bits per heavy atom. The highest BCUT2D eigenvalue weighted by Crippen LogP contribution is 2.19. The third kappa shape index (κ3) is 3.36. The number of nitriles is 1. The Balaban J connectivity index is 1.81. The Morgan fingerprint density at radius 1 is 1.33 bits per heavy atom. The van der Waals surface area contributed by atoms with E-state index in [1.807, 2.05) is 0 Å². The van der Waals surface area contributed by atoms with Gasteiger partial charge in [-0.05, 0) is 29.8 Å². The van der Waals surface area contributed by atoms with E-state index in [-0.39, 0.29) is 23.7 Å². The molecule has 0 saturated heterocycles. The molecule has 7 nitrogen and oxygen atoms in total. The average molecular weight is 342 g/mol. The standard InChI is InChI=1S/C16H14N4O3S/c17-8-7-12-3-5-13(6-4-12)18-16(21)14-2-1-9-20-10-11-24(22,23)19-15(14)20/h1-6,9H,7,10-11H2,(H,18,21). The molecule has 1 N–H and O–H groups in total. The number of carbonyl (C=O) groups is 1. The van der Waals surface area contributed by atoms with E-state index in [2.05, 4.69) is 15.8 Å². The summed E-state index contributed by atoms with van der Waals surface area (Å²) in [6.45, 7) is 0.269. The molecule has 2 heterocycles. The van der Waals surface area contributed by atoms with Gasteiger partial charge in [0.15, 0.2) is 5.84 Å². The summed E-state index contributed by atoms with van der Waals surface area (Å²) in [4.78, 5) is 14.1. The van der Waals surface area contributed by atoms with Crippen molar-refractivity contribution >= 4 is 27.5 Å². The average Bonchev–Trinajstić information content (AvgIpc) is 2.55. The van der Waals surface area contributed by atoms with Crippen LogP contribution >= 0.6 is 0 Å². The molecule has 8 heteroatoms. The summed E-state index contributed by atoms with van der Waals surface area (Å²) >= 11 is 0. The van der Waals surface area contributed by atoms with Gasteiger partial charge in [0.2, 0.25) is 0 Å². The van der Waals surface area contributed by atoms with Crippen LogP contribution in [0.2, 0.25) is 0 Å². The molecule has 0 aromatic heterocycles. The number of amidine groups is 1. The van der Waals surface area contributed by atoms with Gasteiger partial charge in [-0.1, -0.05) is 12.1 Å². The van der Waals surface area contributed by atoms with Gasteiger partial charge in [0.1, 0.15) is 0 Å². The van der Waals surface area contributed by atoms with Crippen molar-refractivity contribution in [1.82, 2.24) is 4.90 Å². The lowest BCUT2D eigenvalue weighted by atomic mass is 10.1. The van der Waals surface area contributed by atoms with Crippen LogP contribution in [0.15, 0.2) is 52.6 Å². The van der Waals surface area contributed by atoms with Gasteiger partial charge < -0.3 is 10.2 Å². The number of allylic oxidation sites excluding steroid dienone is 2. The predicted octanol–water partition coefficient (Wildman–Crippen LogP) is 1.19. The minimum atomic E-state index is -3.54. The van der Waals surface area contributed by atoms with Crippen LogP contribution in [0.1, 0.15) is 5.56 Å². The lowest BCUT2D eigenvalue weighted by Crippen LogP contribution is -2.40. The van der Waals surface area contributed by atoms with Crippen molar-refractivity contribution in [2.45, 2.75) is 6.42 Å². The summed E-state index contributed by atoms with van der Waals surface area (Å²) in [7, 11) is -3.54. The lowest BCUT2D eigenvalue weighted by molar-refractivity contribution is -0.112. The van der Waals surface area contributed by atoms with E-state index < -0.39 is 15.9 Å². The number of carbonyl (C=O) groups excluding carboxylic acids is 1. The summed E-state index contributed by atoms with van der Waals surface area (Å²) < 4.78 is 27.1. The molecule has 0 spiro atoms. The van der Waals surface area contributed by atoms with Gasteiger partial charge in [0.05, 0.1) is 23.8 Å². The molecule has 1 amide bonds. The molecule has 0 aliphatic carbocycles. The van der Waals surface area contributed by atoms with Crippen molar-refractivity contribution < 1.29 is 13.2 Å². The highest BCUT2D eigenvalue weighted by atomic mass is 32.2. The number of hydrogen-bond acceptors (Lipinski definition) is 5. The monoisotopic (exact) mass is 342 g/mol. The zero-order valence-corrected chi connectivity index (χ0v) is 13.5. The highest BCUT2D eigenvalue weighted by Gasteiger charge is 2.29. The molecule has 0 radical (unpaired) electrons. The van der Waals surface area contributed by atoms with E-state index >= 15 is 0 Å². The zero-order chi connectivity index (χ0) is 17.2. The number of rotatable bonds is 3. The Labute approximate surface area is 139 Å². The van der Waals surface area contributed by atoms with Crippen LogP contribution in [0.4, 0.5) is 5.69 Å². The molecule has 0 saturated carbocycles. The van der Waals surface area contributed by atoms with Gasteiger partial charge in [-0.3, -0.25) is 4.79 Å². The van der Waals surface area contributed by atoms with Crippen LogP contribution < -0.4 is 5.32 Å². The molecule has 2 aliphatic heterocycles. The van der Waals surface area contributed by atoms with E-state index in [0.717, 1.165) is 5.56 Å². The second-order valence-corrected chi connectivity index (χ2v) is 7.06. The van der Waals surface area contributed by atoms with Gasteiger partial charge in [0.25, 0.3) is 15.9 Å². The van der Waals surface area contributed by atoms with Gasteiger partial charge in [-0.15, -0.1) is 4.40 Å². The number of nitrogens with one attached hydrogen (secondary N) is 1. The summed E-state index contributed by atoms with van der Waals surface area (Å²) in [5.74, 6) is -0.369. The fraction of sp³-hybridized carbons (Fsp3) is 0.188. The van der Waals surface area contributed by atoms with Gasteiger partial charge >= 0.3 is 0 Å². The smallest absolute Gasteiger partial charge is 0.259 e. The molecule has 122 valence electrons. The summed E-state index contributed by atoms with van der Waals surface area (Å²) in [6, 6.07) is 8.95. The number of hydrogen-bond donors (Lipinski definition) is 1. The third-order valence-corrected chi connectivity index (χ3v) is 4.75. The largest absolute Gasteiger partial charge is 0.331 e. The maximum Gasteiger partial charge on any atom is 0.259 e. The first-order valence-electron chi connectivity index (χ1n) is 7.24. The first-order chi connectivity index (χ1) is 11.5. The van der Waals surface area contributed by atoms with Crippen LogP contribution in [-0.4, -0.2) is 37.4 Å². The number of benzene rings is 1. The van der Waals surface area contributed by atoms with Crippen LogP contribution in [0, 0.1) is 11.3 Å². The van der Waals surface area contributed by atoms with E-state index in [1.54, 1.807) is 41.4 Å². The van der Waals surface area contributed by atoms with Gasteiger partial charge in [-0.2, -0.15) is 5.26 Å². The van der Waals surface area contributed by atoms with E-state index in [0.29, 0.717) is 12.1 Å². The Bertz CT molecular complexity index is 906. The number of anilines is 1.